The van der Waals surface area contributed by atoms with Crippen molar-refractivity contribution in [2.45, 2.75) is 25.5 Å². The Hall–Kier alpha value is -4.04. The smallest absolute Gasteiger partial charge is 0.347 e. The Morgan fingerprint density at radius 2 is 1.67 bits per heavy atom. The molecule has 1 amide bonds. The molecule has 36 heavy (non-hydrogen) atoms. The highest BCUT2D eigenvalue weighted by atomic mass is 16.5. The monoisotopic (exact) mass is 490 g/mol. The molecule has 3 aromatic rings. The number of methoxy groups -OCH3 is 2. The van der Waals surface area contributed by atoms with Crippen molar-refractivity contribution >= 4 is 17.6 Å². The molecular weight excluding hydrogens is 460 g/mol. The van der Waals surface area contributed by atoms with E-state index >= 15 is 0 Å². The van der Waals surface area contributed by atoms with Gasteiger partial charge in [-0.3, -0.25) is 10.1 Å². The third-order valence-corrected chi connectivity index (χ3v) is 6.43. The number of amides is 1. The van der Waals surface area contributed by atoms with Gasteiger partial charge in [-0.25, -0.2) is 4.79 Å². The fourth-order valence-electron chi connectivity index (χ4n) is 4.74. The fourth-order valence-corrected chi connectivity index (χ4v) is 4.74. The Kier molecular flexibility index (Phi) is 7.17. The van der Waals surface area contributed by atoms with Crippen LogP contribution in [0.1, 0.15) is 23.6 Å². The second-order valence-corrected chi connectivity index (χ2v) is 8.57. The average Bonchev–Trinajstić information content (AvgIpc) is 3.01. The molecule has 188 valence electrons. The van der Waals surface area contributed by atoms with Crippen LogP contribution >= 0.6 is 0 Å². The molecule has 3 aromatic carbocycles. The van der Waals surface area contributed by atoms with E-state index < -0.39 is 17.6 Å². The summed E-state index contributed by atoms with van der Waals surface area (Å²) in [6.45, 7) is 4.19. The van der Waals surface area contributed by atoms with E-state index in [1.807, 2.05) is 62.4 Å². The van der Waals surface area contributed by atoms with Crippen molar-refractivity contribution in [3.8, 4) is 17.2 Å². The zero-order valence-electron chi connectivity index (χ0n) is 20.8. The minimum absolute atomic E-state index is 0.0783. The van der Waals surface area contributed by atoms with Gasteiger partial charge in [0.15, 0.2) is 0 Å². The predicted molar refractivity (Wildman–Crippen MR) is 136 cm³/mol. The van der Waals surface area contributed by atoms with Gasteiger partial charge in [-0.05, 0) is 25.5 Å². The van der Waals surface area contributed by atoms with Crippen LogP contribution < -0.4 is 24.4 Å². The predicted octanol–water partition coefficient (Wildman–Crippen LogP) is 3.74. The average molecular weight is 491 g/mol. The van der Waals surface area contributed by atoms with Gasteiger partial charge in [-0.1, -0.05) is 48.0 Å². The standard InChI is InChI=1S/C28H30N2O6/c1-5-30-24-12-11-18(2)13-23(24)28(29-17-25(30)31,19-9-7-6-8-10-19)26(27(32)33)36-22-15-20(34-3)14-21(16-22)35-4/h6-16,26,29H,5,17H2,1-4H3,(H,32,33)/t26-,28+/m1/s1. The zero-order chi connectivity index (χ0) is 25.9. The Morgan fingerprint density at radius 1 is 1.03 bits per heavy atom. The molecule has 0 bridgehead atoms. The Bertz CT molecular complexity index is 1240. The highest BCUT2D eigenvalue weighted by Gasteiger charge is 2.51. The van der Waals surface area contributed by atoms with Crippen LogP contribution in [0.15, 0.2) is 66.7 Å². The maximum atomic E-state index is 13.2. The molecule has 0 aliphatic carbocycles. The first-order valence-electron chi connectivity index (χ1n) is 11.7. The van der Waals surface area contributed by atoms with Crippen molar-refractivity contribution in [1.29, 1.82) is 0 Å². The summed E-state index contributed by atoms with van der Waals surface area (Å²) in [5.41, 5.74) is 1.46. The van der Waals surface area contributed by atoms with Gasteiger partial charge in [0, 0.05) is 36.0 Å². The summed E-state index contributed by atoms with van der Waals surface area (Å²) in [6.07, 6.45) is -1.46. The number of ether oxygens (including phenoxy) is 3. The number of carboxylic acid groups (broad SMARTS) is 1. The zero-order valence-corrected chi connectivity index (χ0v) is 20.8. The van der Waals surface area contributed by atoms with Crippen LogP contribution in [-0.4, -0.2) is 50.4 Å². The van der Waals surface area contributed by atoms with E-state index in [4.69, 9.17) is 14.2 Å². The number of hydrogen-bond acceptors (Lipinski definition) is 6. The number of fused-ring (bicyclic) bond motifs is 1. The minimum atomic E-state index is -1.46. The molecule has 0 saturated carbocycles. The number of benzene rings is 3. The van der Waals surface area contributed by atoms with Crippen LogP contribution in [0.4, 0.5) is 5.69 Å². The molecule has 0 unspecified atom stereocenters. The highest BCUT2D eigenvalue weighted by Crippen LogP contribution is 2.43. The molecule has 0 saturated heterocycles. The largest absolute Gasteiger partial charge is 0.496 e. The van der Waals surface area contributed by atoms with Gasteiger partial charge in [0.05, 0.1) is 20.8 Å². The van der Waals surface area contributed by atoms with E-state index in [2.05, 4.69) is 5.32 Å². The first-order chi connectivity index (χ1) is 17.3. The summed E-state index contributed by atoms with van der Waals surface area (Å²) >= 11 is 0. The maximum Gasteiger partial charge on any atom is 0.347 e. The second-order valence-electron chi connectivity index (χ2n) is 8.57. The summed E-state index contributed by atoms with van der Waals surface area (Å²) in [5.74, 6) is -0.183. The molecule has 8 heteroatoms. The van der Waals surface area contributed by atoms with Crippen molar-refractivity contribution < 1.29 is 28.9 Å². The van der Waals surface area contributed by atoms with Crippen LogP contribution in [0.25, 0.3) is 0 Å². The number of carbonyl (C=O) groups excluding carboxylic acids is 1. The van der Waals surface area contributed by atoms with Crippen molar-refractivity contribution in [3.63, 3.8) is 0 Å². The summed E-state index contributed by atoms with van der Waals surface area (Å²) in [7, 11) is 3.02. The molecule has 2 N–H and O–H groups in total. The molecule has 8 nitrogen and oxygen atoms in total. The molecule has 0 aromatic heterocycles. The van der Waals surface area contributed by atoms with Crippen molar-refractivity contribution in [2.24, 2.45) is 0 Å². The van der Waals surface area contributed by atoms with Gasteiger partial charge in [0.1, 0.15) is 22.8 Å². The number of likely N-dealkylation sites (N-methyl/N-ethyl adjacent to an activating group) is 1. The van der Waals surface area contributed by atoms with Gasteiger partial charge < -0.3 is 24.2 Å². The first kappa shape index (κ1) is 25.1. The van der Waals surface area contributed by atoms with Crippen molar-refractivity contribution in [2.75, 3.05) is 32.2 Å². The van der Waals surface area contributed by atoms with E-state index in [0.717, 1.165) is 5.56 Å². The van der Waals surface area contributed by atoms with Gasteiger partial charge >= 0.3 is 5.97 Å². The van der Waals surface area contributed by atoms with Gasteiger partial charge in [-0.15, -0.1) is 0 Å². The number of nitrogens with one attached hydrogen (secondary N) is 1. The van der Waals surface area contributed by atoms with Crippen LogP contribution in [-0.2, 0) is 15.1 Å². The van der Waals surface area contributed by atoms with E-state index in [1.54, 1.807) is 23.1 Å². The molecule has 0 radical (unpaired) electrons. The summed E-state index contributed by atoms with van der Waals surface area (Å²) in [4.78, 5) is 27.8. The Balaban J connectivity index is 2.00. The number of aliphatic carboxylic acids is 1. The topological polar surface area (TPSA) is 97.3 Å². The minimum Gasteiger partial charge on any atom is -0.496 e. The third kappa shape index (κ3) is 4.47. The Morgan fingerprint density at radius 3 is 2.25 bits per heavy atom. The summed E-state index contributed by atoms with van der Waals surface area (Å²) in [6, 6.07) is 19.8. The lowest BCUT2D eigenvalue weighted by Gasteiger charge is -2.40. The van der Waals surface area contributed by atoms with Crippen LogP contribution in [0.5, 0.6) is 17.2 Å². The number of nitrogens with zero attached hydrogens (tertiary/aromatic N) is 1. The van der Waals surface area contributed by atoms with E-state index in [0.29, 0.717) is 34.9 Å². The molecule has 1 aliphatic rings. The molecule has 0 spiro atoms. The number of carbonyl (C=O) groups is 2. The van der Waals surface area contributed by atoms with Crippen LogP contribution in [0.3, 0.4) is 0 Å². The van der Waals surface area contributed by atoms with Crippen LogP contribution in [0, 0.1) is 6.92 Å². The number of aryl methyl sites for hydroxylation is 1. The maximum absolute atomic E-state index is 13.2. The van der Waals surface area contributed by atoms with E-state index in [1.165, 1.54) is 14.2 Å². The van der Waals surface area contributed by atoms with E-state index in [9.17, 15) is 14.7 Å². The molecular formula is C28H30N2O6. The summed E-state index contributed by atoms with van der Waals surface area (Å²) in [5, 5.41) is 13.9. The highest BCUT2D eigenvalue weighted by molar-refractivity contribution is 5.97. The van der Waals surface area contributed by atoms with Crippen LogP contribution in [0.2, 0.25) is 0 Å². The number of carboxylic acids is 1. The molecule has 4 rings (SSSR count). The number of rotatable bonds is 8. The Labute approximate surface area is 210 Å². The van der Waals surface area contributed by atoms with Gasteiger partial charge in [0.2, 0.25) is 12.0 Å². The third-order valence-electron chi connectivity index (χ3n) is 6.43. The van der Waals surface area contributed by atoms with Crippen molar-refractivity contribution in [1.82, 2.24) is 5.32 Å². The van der Waals surface area contributed by atoms with Gasteiger partial charge in [0.25, 0.3) is 0 Å². The molecule has 1 aliphatic heterocycles. The SMILES string of the molecule is CCN1C(=O)CN[C@](c2ccccc2)([C@H](Oc2cc(OC)cc(OC)c2)C(=O)O)c2cc(C)ccc21. The van der Waals surface area contributed by atoms with Gasteiger partial charge in [-0.2, -0.15) is 0 Å². The lowest BCUT2D eigenvalue weighted by Crippen LogP contribution is -2.58. The number of hydrogen-bond donors (Lipinski definition) is 2. The second kappa shape index (κ2) is 10.3. The lowest BCUT2D eigenvalue weighted by molar-refractivity contribution is -0.149. The molecule has 2 atom stereocenters. The number of anilines is 1. The lowest BCUT2D eigenvalue weighted by atomic mass is 9.76. The first-order valence-corrected chi connectivity index (χ1v) is 11.7. The van der Waals surface area contributed by atoms with E-state index in [-0.39, 0.29) is 18.2 Å². The normalized spacial score (nSPS) is 18.1. The molecule has 1 heterocycles. The fraction of sp³-hybridized carbons (Fsp3) is 0.286. The molecule has 0 fully saturated rings. The quantitative estimate of drug-likeness (QED) is 0.496. The summed E-state index contributed by atoms with van der Waals surface area (Å²) < 4.78 is 17.0. The van der Waals surface area contributed by atoms with Crippen molar-refractivity contribution in [3.05, 3.63) is 83.4 Å².